The lowest BCUT2D eigenvalue weighted by atomic mass is 10.2. The smallest absolute Gasteiger partial charge is 0.358 e. The van der Waals surface area contributed by atoms with Crippen LogP contribution in [0.5, 0.6) is 11.5 Å². The van der Waals surface area contributed by atoms with E-state index in [2.05, 4.69) is 9.97 Å². The molecule has 3 heterocycles. The van der Waals surface area contributed by atoms with Crippen molar-refractivity contribution in [3.8, 4) is 22.9 Å². The largest absolute Gasteiger partial charge is 0.464 e. The van der Waals surface area contributed by atoms with E-state index in [1.54, 1.807) is 0 Å². The maximum atomic E-state index is 12.1. The average Bonchev–Trinajstić information content (AvgIpc) is 3.28. The van der Waals surface area contributed by atoms with Crippen molar-refractivity contribution < 1.29 is 23.7 Å². The number of imidazole rings is 1. The predicted octanol–water partition coefficient (Wildman–Crippen LogP) is 1.43. The van der Waals surface area contributed by atoms with Gasteiger partial charge in [0.15, 0.2) is 23.0 Å². The molecule has 2 aliphatic heterocycles. The molecular weight excluding hydrogens is 314 g/mol. The fourth-order valence-electron chi connectivity index (χ4n) is 2.79. The first kappa shape index (κ1) is 14.8. The summed E-state index contributed by atoms with van der Waals surface area (Å²) in [5.74, 6) is 2.08. The summed E-state index contributed by atoms with van der Waals surface area (Å²) in [5, 5.41) is 0. The highest BCUT2D eigenvalue weighted by atomic mass is 16.7. The number of aromatic amines is 1. The molecule has 0 amide bonds. The normalized spacial score (nSPS) is 16.3. The van der Waals surface area contributed by atoms with Crippen molar-refractivity contribution in [2.75, 3.05) is 45.1 Å². The molecule has 24 heavy (non-hydrogen) atoms. The second-order valence-corrected chi connectivity index (χ2v) is 5.44. The molecule has 8 nitrogen and oxygen atoms in total. The van der Waals surface area contributed by atoms with Crippen LogP contribution in [0.15, 0.2) is 18.2 Å². The van der Waals surface area contributed by atoms with Gasteiger partial charge in [-0.1, -0.05) is 0 Å². The topological polar surface area (TPSA) is 85.9 Å². The van der Waals surface area contributed by atoms with Gasteiger partial charge in [-0.05, 0) is 18.2 Å². The van der Waals surface area contributed by atoms with E-state index in [0.29, 0.717) is 55.1 Å². The molecule has 0 radical (unpaired) electrons. The van der Waals surface area contributed by atoms with Crippen LogP contribution in [0.2, 0.25) is 0 Å². The Balaban J connectivity index is 1.73. The van der Waals surface area contributed by atoms with Crippen molar-refractivity contribution >= 4 is 11.8 Å². The number of morpholine rings is 1. The molecule has 1 aromatic heterocycles. The molecule has 0 bridgehead atoms. The van der Waals surface area contributed by atoms with Gasteiger partial charge in [0.25, 0.3) is 0 Å². The molecule has 0 spiro atoms. The summed E-state index contributed by atoms with van der Waals surface area (Å²) in [5.41, 5.74) is 1.15. The lowest BCUT2D eigenvalue weighted by molar-refractivity contribution is 0.0594. The first-order chi connectivity index (χ1) is 11.8. The van der Waals surface area contributed by atoms with Gasteiger partial charge in [-0.2, -0.15) is 0 Å². The van der Waals surface area contributed by atoms with E-state index in [0.717, 1.165) is 5.56 Å². The van der Waals surface area contributed by atoms with Crippen LogP contribution in [0.3, 0.4) is 0 Å². The summed E-state index contributed by atoms with van der Waals surface area (Å²) in [6, 6.07) is 5.54. The number of anilines is 1. The van der Waals surface area contributed by atoms with Gasteiger partial charge in [-0.15, -0.1) is 0 Å². The molecule has 2 aromatic rings. The number of fused-ring (bicyclic) bond motifs is 1. The number of hydrogen-bond acceptors (Lipinski definition) is 7. The van der Waals surface area contributed by atoms with E-state index in [1.807, 2.05) is 23.1 Å². The van der Waals surface area contributed by atoms with Gasteiger partial charge in [0, 0.05) is 18.7 Å². The van der Waals surface area contributed by atoms with Crippen LogP contribution in [-0.4, -0.2) is 56.1 Å². The van der Waals surface area contributed by atoms with Gasteiger partial charge < -0.3 is 28.8 Å². The summed E-state index contributed by atoms with van der Waals surface area (Å²) < 4.78 is 21.0. The van der Waals surface area contributed by atoms with Crippen LogP contribution < -0.4 is 14.4 Å². The molecule has 4 rings (SSSR count). The Labute approximate surface area is 138 Å². The summed E-state index contributed by atoms with van der Waals surface area (Å²) >= 11 is 0. The summed E-state index contributed by atoms with van der Waals surface area (Å²) in [6.45, 7) is 2.77. The Morgan fingerprint density at radius 1 is 1.25 bits per heavy atom. The molecule has 0 saturated carbocycles. The number of nitrogens with one attached hydrogen (secondary N) is 1. The number of benzene rings is 1. The van der Waals surface area contributed by atoms with E-state index in [9.17, 15) is 4.79 Å². The van der Waals surface area contributed by atoms with Gasteiger partial charge in [-0.3, -0.25) is 0 Å². The Morgan fingerprint density at radius 3 is 2.83 bits per heavy atom. The van der Waals surface area contributed by atoms with E-state index in [4.69, 9.17) is 18.9 Å². The standard InChI is InChI=1S/C16H17N3O5/c1-21-16(20)13-15(19-4-6-22-7-5-19)18-14(17-13)10-2-3-11-12(8-10)24-9-23-11/h2-3,8H,4-7,9H2,1H3,(H,17,18). The highest BCUT2D eigenvalue weighted by molar-refractivity contribution is 5.94. The van der Waals surface area contributed by atoms with Crippen molar-refractivity contribution in [3.63, 3.8) is 0 Å². The highest BCUT2D eigenvalue weighted by Gasteiger charge is 2.25. The van der Waals surface area contributed by atoms with Crippen molar-refractivity contribution in [3.05, 3.63) is 23.9 Å². The van der Waals surface area contributed by atoms with Crippen LogP contribution in [0.4, 0.5) is 5.82 Å². The maximum absolute atomic E-state index is 12.1. The molecule has 1 N–H and O–H groups in total. The lowest BCUT2D eigenvalue weighted by Gasteiger charge is -2.27. The minimum atomic E-state index is -0.448. The van der Waals surface area contributed by atoms with Gasteiger partial charge >= 0.3 is 5.97 Å². The molecule has 1 fully saturated rings. The molecule has 2 aliphatic rings. The van der Waals surface area contributed by atoms with E-state index < -0.39 is 5.97 Å². The number of carbonyl (C=O) groups excluding carboxylic acids is 1. The van der Waals surface area contributed by atoms with Gasteiger partial charge in [0.2, 0.25) is 6.79 Å². The zero-order chi connectivity index (χ0) is 16.5. The van der Waals surface area contributed by atoms with Crippen LogP contribution in [-0.2, 0) is 9.47 Å². The summed E-state index contributed by atoms with van der Waals surface area (Å²) in [7, 11) is 1.35. The third-order valence-electron chi connectivity index (χ3n) is 4.03. The summed E-state index contributed by atoms with van der Waals surface area (Å²) in [4.78, 5) is 21.8. The van der Waals surface area contributed by atoms with Crippen molar-refractivity contribution in [1.82, 2.24) is 9.97 Å². The molecule has 1 aromatic carbocycles. The molecule has 0 unspecified atom stereocenters. The Bertz CT molecular complexity index is 767. The molecule has 126 valence electrons. The van der Waals surface area contributed by atoms with E-state index >= 15 is 0 Å². The van der Waals surface area contributed by atoms with Crippen LogP contribution in [0.25, 0.3) is 11.4 Å². The number of H-pyrrole nitrogens is 1. The van der Waals surface area contributed by atoms with Crippen LogP contribution in [0, 0.1) is 0 Å². The number of carbonyl (C=O) groups is 1. The SMILES string of the molecule is COC(=O)c1[nH]c(-c2ccc3c(c2)OCO3)nc1N1CCOCC1. The number of nitrogens with zero attached hydrogens (tertiary/aromatic N) is 2. The van der Waals surface area contributed by atoms with Crippen molar-refractivity contribution in [2.24, 2.45) is 0 Å². The number of ether oxygens (including phenoxy) is 4. The minimum Gasteiger partial charge on any atom is -0.464 e. The molecule has 0 atom stereocenters. The van der Waals surface area contributed by atoms with Gasteiger partial charge in [-0.25, -0.2) is 9.78 Å². The molecule has 0 aliphatic carbocycles. The quantitative estimate of drug-likeness (QED) is 0.851. The number of methoxy groups -OCH3 is 1. The maximum Gasteiger partial charge on any atom is 0.358 e. The molecule has 8 heteroatoms. The molecule has 1 saturated heterocycles. The number of hydrogen-bond donors (Lipinski definition) is 1. The van der Waals surface area contributed by atoms with Crippen molar-refractivity contribution in [2.45, 2.75) is 0 Å². The van der Waals surface area contributed by atoms with Gasteiger partial charge in [0.05, 0.1) is 20.3 Å². The monoisotopic (exact) mass is 331 g/mol. The first-order valence-corrected chi connectivity index (χ1v) is 7.67. The second-order valence-electron chi connectivity index (χ2n) is 5.44. The third kappa shape index (κ3) is 2.54. The zero-order valence-corrected chi connectivity index (χ0v) is 13.2. The minimum absolute atomic E-state index is 0.212. The second kappa shape index (κ2) is 6.04. The summed E-state index contributed by atoms with van der Waals surface area (Å²) in [6.07, 6.45) is 0. The number of aromatic nitrogens is 2. The number of esters is 1. The highest BCUT2D eigenvalue weighted by Crippen LogP contribution is 2.36. The third-order valence-corrected chi connectivity index (χ3v) is 4.03. The predicted molar refractivity (Wildman–Crippen MR) is 84.5 cm³/mol. The Morgan fingerprint density at radius 2 is 2.04 bits per heavy atom. The van der Waals surface area contributed by atoms with Crippen LogP contribution in [0.1, 0.15) is 10.5 Å². The lowest BCUT2D eigenvalue weighted by Crippen LogP contribution is -2.37. The first-order valence-electron chi connectivity index (χ1n) is 7.67. The van der Waals surface area contributed by atoms with Crippen molar-refractivity contribution in [1.29, 1.82) is 0 Å². The fourth-order valence-corrected chi connectivity index (χ4v) is 2.79. The fraction of sp³-hybridized carbons (Fsp3) is 0.375. The van der Waals surface area contributed by atoms with E-state index in [1.165, 1.54) is 7.11 Å². The van der Waals surface area contributed by atoms with Gasteiger partial charge in [0.1, 0.15) is 5.82 Å². The zero-order valence-electron chi connectivity index (χ0n) is 13.2. The van der Waals surface area contributed by atoms with E-state index in [-0.39, 0.29) is 6.79 Å². The van der Waals surface area contributed by atoms with Crippen LogP contribution >= 0.6 is 0 Å². The average molecular weight is 331 g/mol. The number of rotatable bonds is 3. The Kier molecular flexibility index (Phi) is 3.73. The Hall–Kier alpha value is -2.74. The molecular formula is C16H17N3O5.